The van der Waals surface area contributed by atoms with Crippen molar-refractivity contribution < 1.29 is 23.9 Å². The summed E-state index contributed by atoms with van der Waals surface area (Å²) in [6.45, 7) is 0.190. The minimum Gasteiger partial charge on any atom is -0.478 e. The Bertz CT molecular complexity index is 903. The van der Waals surface area contributed by atoms with Crippen LogP contribution in [0.2, 0.25) is 0 Å². The van der Waals surface area contributed by atoms with Gasteiger partial charge in [0.2, 0.25) is 12.6 Å². The van der Waals surface area contributed by atoms with Crippen LogP contribution in [0.4, 0.5) is 0 Å². The van der Waals surface area contributed by atoms with Gasteiger partial charge < -0.3 is 19.1 Å². The lowest BCUT2D eigenvalue weighted by Gasteiger charge is -1.98. The summed E-state index contributed by atoms with van der Waals surface area (Å²) in [5, 5.41) is 12.9. The van der Waals surface area contributed by atoms with E-state index in [0.717, 1.165) is 0 Å². The molecule has 0 bridgehead atoms. The molecule has 4 rings (SSSR count). The summed E-state index contributed by atoms with van der Waals surface area (Å²) in [5.41, 5.74) is 1.43. The van der Waals surface area contributed by atoms with Gasteiger partial charge in [0.15, 0.2) is 11.5 Å². The van der Waals surface area contributed by atoms with Crippen LogP contribution in [0, 0.1) is 0 Å². The first-order valence-electron chi connectivity index (χ1n) is 6.78. The first-order valence-corrected chi connectivity index (χ1v) is 6.78. The number of hydrogen-bond donors (Lipinski definition) is 1. The molecule has 23 heavy (non-hydrogen) atoms. The number of rotatable bonds is 3. The summed E-state index contributed by atoms with van der Waals surface area (Å²) in [6.07, 6.45) is 0. The zero-order valence-electron chi connectivity index (χ0n) is 11.7. The molecule has 0 spiro atoms. The first-order chi connectivity index (χ1) is 11.2. The van der Waals surface area contributed by atoms with Crippen LogP contribution in [0.3, 0.4) is 0 Å². The second kappa shape index (κ2) is 5.13. The highest BCUT2D eigenvalue weighted by Crippen LogP contribution is 2.35. The van der Waals surface area contributed by atoms with Crippen molar-refractivity contribution in [2.45, 2.75) is 0 Å². The number of ether oxygens (including phenoxy) is 2. The molecule has 114 valence electrons. The molecule has 0 radical (unpaired) electrons. The Kier molecular flexibility index (Phi) is 2.97. The van der Waals surface area contributed by atoms with Crippen molar-refractivity contribution in [3.05, 3.63) is 48.0 Å². The van der Waals surface area contributed by atoms with Gasteiger partial charge in [0.05, 0.1) is 5.56 Å². The van der Waals surface area contributed by atoms with Crippen molar-refractivity contribution in [3.63, 3.8) is 0 Å². The molecule has 1 aliphatic heterocycles. The van der Waals surface area contributed by atoms with E-state index in [9.17, 15) is 4.79 Å². The van der Waals surface area contributed by atoms with Gasteiger partial charge in [0.25, 0.3) is 5.89 Å². The quantitative estimate of drug-likeness (QED) is 0.794. The third kappa shape index (κ3) is 2.38. The van der Waals surface area contributed by atoms with E-state index in [4.69, 9.17) is 19.1 Å². The Hall–Kier alpha value is -3.35. The fourth-order valence-corrected chi connectivity index (χ4v) is 2.28. The van der Waals surface area contributed by atoms with Gasteiger partial charge >= 0.3 is 5.97 Å². The van der Waals surface area contributed by atoms with Crippen LogP contribution in [0.15, 0.2) is 47.0 Å². The van der Waals surface area contributed by atoms with Crippen molar-refractivity contribution >= 4 is 5.97 Å². The second-order valence-electron chi connectivity index (χ2n) is 4.88. The molecule has 1 aliphatic rings. The lowest BCUT2D eigenvalue weighted by atomic mass is 10.1. The highest BCUT2D eigenvalue weighted by molar-refractivity contribution is 5.89. The van der Waals surface area contributed by atoms with Crippen LogP contribution in [0.1, 0.15) is 10.4 Å². The van der Waals surface area contributed by atoms with E-state index >= 15 is 0 Å². The fraction of sp³-hybridized carbons (Fsp3) is 0.0625. The number of carboxylic acids is 1. The third-order valence-electron chi connectivity index (χ3n) is 3.41. The van der Waals surface area contributed by atoms with Crippen LogP contribution in [-0.2, 0) is 0 Å². The van der Waals surface area contributed by atoms with E-state index in [0.29, 0.717) is 34.3 Å². The summed E-state index contributed by atoms with van der Waals surface area (Å²) >= 11 is 0. The lowest BCUT2D eigenvalue weighted by Crippen LogP contribution is -1.96. The molecule has 7 nitrogen and oxygen atoms in total. The van der Waals surface area contributed by atoms with Gasteiger partial charge in [-0.05, 0) is 30.3 Å². The van der Waals surface area contributed by atoms with Gasteiger partial charge in [-0.2, -0.15) is 4.98 Å². The highest BCUT2D eigenvalue weighted by Gasteiger charge is 2.17. The summed E-state index contributed by atoms with van der Waals surface area (Å²) in [5.74, 6) is 0.920. The predicted molar refractivity (Wildman–Crippen MR) is 78.3 cm³/mol. The molecule has 1 N–H and O–H groups in total. The number of aromatic nitrogens is 2. The van der Waals surface area contributed by atoms with Crippen LogP contribution in [0.25, 0.3) is 22.8 Å². The maximum absolute atomic E-state index is 11.0. The van der Waals surface area contributed by atoms with E-state index in [1.54, 1.807) is 30.3 Å². The summed E-state index contributed by atoms with van der Waals surface area (Å²) < 4.78 is 15.8. The minimum atomic E-state index is -1.01. The predicted octanol–water partition coefficient (Wildman–Crippen LogP) is 2.83. The van der Waals surface area contributed by atoms with E-state index < -0.39 is 5.97 Å². The van der Waals surface area contributed by atoms with Crippen LogP contribution in [0.5, 0.6) is 11.5 Å². The van der Waals surface area contributed by atoms with Crippen LogP contribution < -0.4 is 9.47 Å². The summed E-state index contributed by atoms with van der Waals surface area (Å²) in [7, 11) is 0. The number of carbonyl (C=O) groups is 1. The Morgan fingerprint density at radius 1 is 1.04 bits per heavy atom. The Morgan fingerprint density at radius 2 is 1.91 bits per heavy atom. The van der Waals surface area contributed by atoms with Crippen molar-refractivity contribution in [1.82, 2.24) is 10.1 Å². The normalized spacial score (nSPS) is 12.3. The van der Waals surface area contributed by atoms with E-state index in [1.165, 1.54) is 12.1 Å². The molecule has 0 saturated carbocycles. The zero-order chi connectivity index (χ0) is 15.8. The number of carboxylic acid groups (broad SMARTS) is 1. The number of aromatic carboxylic acids is 1. The molecule has 2 aromatic carbocycles. The Labute approximate surface area is 130 Å². The zero-order valence-corrected chi connectivity index (χ0v) is 11.7. The fourth-order valence-electron chi connectivity index (χ4n) is 2.28. The van der Waals surface area contributed by atoms with Gasteiger partial charge in [0, 0.05) is 11.1 Å². The van der Waals surface area contributed by atoms with E-state index in [-0.39, 0.29) is 12.4 Å². The second-order valence-corrected chi connectivity index (χ2v) is 4.88. The molecule has 0 atom stereocenters. The third-order valence-corrected chi connectivity index (χ3v) is 3.41. The van der Waals surface area contributed by atoms with Gasteiger partial charge in [-0.25, -0.2) is 4.79 Å². The molecule has 0 fully saturated rings. The van der Waals surface area contributed by atoms with Gasteiger partial charge in [-0.3, -0.25) is 0 Å². The van der Waals surface area contributed by atoms with E-state index in [1.807, 2.05) is 0 Å². The van der Waals surface area contributed by atoms with Crippen molar-refractivity contribution in [2.24, 2.45) is 0 Å². The maximum Gasteiger partial charge on any atom is 0.335 e. The minimum absolute atomic E-state index is 0.164. The molecule has 2 heterocycles. The van der Waals surface area contributed by atoms with Gasteiger partial charge in [-0.1, -0.05) is 17.3 Å². The largest absolute Gasteiger partial charge is 0.478 e. The number of hydrogen-bond acceptors (Lipinski definition) is 6. The monoisotopic (exact) mass is 310 g/mol. The topological polar surface area (TPSA) is 94.7 Å². The van der Waals surface area contributed by atoms with Crippen LogP contribution >= 0.6 is 0 Å². The molecule has 0 aliphatic carbocycles. The summed E-state index contributed by atoms with van der Waals surface area (Å²) in [6, 6.07) is 11.7. The number of fused-ring (bicyclic) bond motifs is 1. The van der Waals surface area contributed by atoms with Crippen molar-refractivity contribution in [1.29, 1.82) is 0 Å². The Morgan fingerprint density at radius 3 is 2.78 bits per heavy atom. The Balaban J connectivity index is 1.69. The molecule has 1 aromatic heterocycles. The smallest absolute Gasteiger partial charge is 0.335 e. The maximum atomic E-state index is 11.0. The molecule has 0 amide bonds. The average molecular weight is 310 g/mol. The van der Waals surface area contributed by atoms with E-state index in [2.05, 4.69) is 10.1 Å². The number of nitrogens with zero attached hydrogens (tertiary/aromatic N) is 2. The standard InChI is InChI=1S/C16H10N2O5/c19-16(20)11-3-1-2-9(6-11)14-17-15(23-18-14)10-4-5-12-13(7-10)22-8-21-12/h1-7H,8H2,(H,19,20). The molecule has 7 heteroatoms. The molecular formula is C16H10N2O5. The number of benzene rings is 2. The van der Waals surface area contributed by atoms with Gasteiger partial charge in [0.1, 0.15) is 0 Å². The molecule has 0 unspecified atom stereocenters. The lowest BCUT2D eigenvalue weighted by molar-refractivity contribution is 0.0697. The first kappa shape index (κ1) is 13.3. The van der Waals surface area contributed by atoms with Crippen molar-refractivity contribution in [2.75, 3.05) is 6.79 Å². The summed E-state index contributed by atoms with van der Waals surface area (Å²) in [4.78, 5) is 15.3. The van der Waals surface area contributed by atoms with Gasteiger partial charge in [-0.15, -0.1) is 0 Å². The molecular weight excluding hydrogens is 300 g/mol. The van der Waals surface area contributed by atoms with Crippen molar-refractivity contribution in [3.8, 4) is 34.3 Å². The highest BCUT2D eigenvalue weighted by atomic mass is 16.7. The average Bonchev–Trinajstić information content (AvgIpc) is 3.23. The molecule has 0 saturated heterocycles. The van der Waals surface area contributed by atoms with Crippen LogP contribution in [-0.4, -0.2) is 28.0 Å². The SMILES string of the molecule is O=C(O)c1cccc(-c2noc(-c3ccc4c(c3)OCO4)n2)c1. The molecule has 3 aromatic rings.